The molecule has 1 aromatic rings. The molecule has 100 valence electrons. The van der Waals surface area contributed by atoms with Crippen LogP contribution in [0.15, 0.2) is 15.9 Å². The molecule has 1 aliphatic carbocycles. The van der Waals surface area contributed by atoms with E-state index in [9.17, 15) is 0 Å². The maximum absolute atomic E-state index is 5.62. The predicted molar refractivity (Wildman–Crippen MR) is 78.1 cm³/mol. The van der Waals surface area contributed by atoms with Crippen molar-refractivity contribution in [2.24, 2.45) is 0 Å². The number of thiophene rings is 1. The zero-order chi connectivity index (χ0) is 12.4. The lowest BCUT2D eigenvalue weighted by Crippen LogP contribution is -2.50. The molecule has 1 saturated carbocycles. The van der Waals surface area contributed by atoms with Crippen molar-refractivity contribution in [2.45, 2.75) is 31.5 Å². The second-order valence-corrected chi connectivity index (χ2v) is 7.64. The highest BCUT2D eigenvalue weighted by atomic mass is 79.9. The maximum Gasteiger partial charge on any atom is 0.0701 e. The first-order valence-electron chi connectivity index (χ1n) is 6.60. The van der Waals surface area contributed by atoms with Crippen LogP contribution in [0.5, 0.6) is 0 Å². The average Bonchev–Trinajstić information content (AvgIpc) is 3.12. The third-order valence-corrected chi connectivity index (χ3v) is 5.17. The van der Waals surface area contributed by atoms with Crippen LogP contribution in [-0.2, 0) is 11.3 Å². The van der Waals surface area contributed by atoms with Crippen LogP contribution in [-0.4, -0.2) is 43.3 Å². The molecule has 0 bridgehead atoms. The minimum absolute atomic E-state index is 0.528. The summed E-state index contributed by atoms with van der Waals surface area (Å²) in [4.78, 5) is 3.98. The van der Waals surface area contributed by atoms with E-state index in [0.717, 1.165) is 38.9 Å². The summed E-state index contributed by atoms with van der Waals surface area (Å²) in [5, 5.41) is 3.62. The molecular formula is C13H19BrN2OS. The van der Waals surface area contributed by atoms with E-state index in [4.69, 9.17) is 4.74 Å². The Morgan fingerprint density at radius 2 is 2.33 bits per heavy atom. The van der Waals surface area contributed by atoms with Gasteiger partial charge < -0.3 is 10.1 Å². The first-order valence-corrected chi connectivity index (χ1v) is 8.21. The molecule has 3 rings (SSSR count). The zero-order valence-corrected chi connectivity index (χ0v) is 12.8. The topological polar surface area (TPSA) is 24.5 Å². The van der Waals surface area contributed by atoms with Gasteiger partial charge in [0.25, 0.3) is 0 Å². The molecule has 2 heterocycles. The number of rotatable bonds is 5. The van der Waals surface area contributed by atoms with Crippen molar-refractivity contribution in [2.75, 3.05) is 26.3 Å². The van der Waals surface area contributed by atoms with Crippen LogP contribution in [0, 0.1) is 0 Å². The summed E-state index contributed by atoms with van der Waals surface area (Å²) >= 11 is 5.37. The quantitative estimate of drug-likeness (QED) is 0.897. The van der Waals surface area contributed by atoms with Gasteiger partial charge in [-0.05, 0) is 40.9 Å². The van der Waals surface area contributed by atoms with Crippen LogP contribution in [0.3, 0.4) is 0 Å². The Kier molecular flexibility index (Phi) is 4.36. The van der Waals surface area contributed by atoms with Crippen molar-refractivity contribution < 1.29 is 4.74 Å². The van der Waals surface area contributed by atoms with Crippen molar-refractivity contribution in [1.29, 1.82) is 0 Å². The van der Waals surface area contributed by atoms with Crippen LogP contribution >= 0.6 is 27.3 Å². The van der Waals surface area contributed by atoms with E-state index in [2.05, 4.69) is 38.3 Å². The molecule has 1 unspecified atom stereocenters. The summed E-state index contributed by atoms with van der Waals surface area (Å²) in [5.74, 6) is 0. The van der Waals surface area contributed by atoms with Gasteiger partial charge in [0.1, 0.15) is 0 Å². The molecule has 0 amide bonds. The fourth-order valence-corrected chi connectivity index (χ4v) is 3.82. The SMILES string of the molecule is Brc1ccc(CN2CCOCC2CNC2CC2)s1. The third-order valence-electron chi connectivity index (χ3n) is 3.56. The standard InChI is InChI=1S/C13H19BrN2OS/c14-13-4-3-12(18-13)8-16-5-6-17-9-11(16)7-15-10-1-2-10/h3-4,10-11,15H,1-2,5-9H2. The Hall–Kier alpha value is 0.0600. The first-order chi connectivity index (χ1) is 8.81. The summed E-state index contributed by atoms with van der Waals surface area (Å²) < 4.78 is 6.84. The van der Waals surface area contributed by atoms with Crippen molar-refractivity contribution >= 4 is 27.3 Å². The van der Waals surface area contributed by atoms with Crippen LogP contribution in [0.2, 0.25) is 0 Å². The van der Waals surface area contributed by atoms with E-state index in [1.165, 1.54) is 21.5 Å². The van der Waals surface area contributed by atoms with Crippen molar-refractivity contribution in [3.8, 4) is 0 Å². The minimum Gasteiger partial charge on any atom is -0.378 e. The molecule has 0 radical (unpaired) electrons. The fourth-order valence-electron chi connectivity index (χ4n) is 2.31. The summed E-state index contributed by atoms with van der Waals surface area (Å²) in [5.41, 5.74) is 0. The lowest BCUT2D eigenvalue weighted by atomic mass is 10.2. The predicted octanol–water partition coefficient (Wildman–Crippen LogP) is 2.46. The molecular weight excluding hydrogens is 312 g/mol. The van der Waals surface area contributed by atoms with Gasteiger partial charge in [-0.15, -0.1) is 11.3 Å². The number of morpholine rings is 1. The van der Waals surface area contributed by atoms with Crippen LogP contribution in [0.25, 0.3) is 0 Å². The Morgan fingerprint density at radius 1 is 1.44 bits per heavy atom. The first kappa shape index (κ1) is 13.1. The van der Waals surface area contributed by atoms with Gasteiger partial charge in [0.2, 0.25) is 0 Å². The molecule has 1 aliphatic heterocycles. The fraction of sp³-hybridized carbons (Fsp3) is 0.692. The molecule has 1 saturated heterocycles. The van der Waals surface area contributed by atoms with E-state index in [-0.39, 0.29) is 0 Å². The van der Waals surface area contributed by atoms with Gasteiger partial charge in [0.15, 0.2) is 0 Å². The molecule has 0 spiro atoms. The molecule has 1 atom stereocenters. The number of halogens is 1. The van der Waals surface area contributed by atoms with Gasteiger partial charge in [0.05, 0.1) is 17.0 Å². The van der Waals surface area contributed by atoms with Crippen LogP contribution < -0.4 is 5.32 Å². The maximum atomic E-state index is 5.62. The second-order valence-electron chi connectivity index (χ2n) is 5.09. The Bertz CT molecular complexity index is 394. The second kappa shape index (κ2) is 6.01. The number of nitrogens with zero attached hydrogens (tertiary/aromatic N) is 1. The summed E-state index contributed by atoms with van der Waals surface area (Å²) in [6, 6.07) is 5.66. The number of hydrogen-bond donors (Lipinski definition) is 1. The third kappa shape index (κ3) is 3.54. The highest BCUT2D eigenvalue weighted by Gasteiger charge is 2.27. The van der Waals surface area contributed by atoms with Gasteiger partial charge in [0, 0.05) is 36.6 Å². The van der Waals surface area contributed by atoms with Gasteiger partial charge >= 0.3 is 0 Å². The number of ether oxygens (including phenoxy) is 1. The molecule has 2 aliphatic rings. The lowest BCUT2D eigenvalue weighted by molar-refractivity contribution is -0.0106. The van der Waals surface area contributed by atoms with Crippen molar-refractivity contribution in [3.63, 3.8) is 0 Å². The average molecular weight is 331 g/mol. The minimum atomic E-state index is 0.528. The van der Waals surface area contributed by atoms with Crippen molar-refractivity contribution in [3.05, 3.63) is 20.8 Å². The number of hydrogen-bond acceptors (Lipinski definition) is 4. The van der Waals surface area contributed by atoms with E-state index < -0.39 is 0 Å². The number of nitrogens with one attached hydrogen (secondary N) is 1. The van der Waals surface area contributed by atoms with Crippen molar-refractivity contribution in [1.82, 2.24) is 10.2 Å². The lowest BCUT2D eigenvalue weighted by Gasteiger charge is -2.35. The molecule has 3 nitrogen and oxygen atoms in total. The smallest absolute Gasteiger partial charge is 0.0701 e. The Labute approximate surface area is 121 Å². The van der Waals surface area contributed by atoms with Gasteiger partial charge in [-0.3, -0.25) is 4.90 Å². The van der Waals surface area contributed by atoms with E-state index in [1.807, 2.05) is 11.3 Å². The molecule has 1 N–H and O–H groups in total. The Morgan fingerprint density at radius 3 is 3.06 bits per heavy atom. The van der Waals surface area contributed by atoms with Gasteiger partial charge in [-0.25, -0.2) is 0 Å². The highest BCUT2D eigenvalue weighted by Crippen LogP contribution is 2.25. The highest BCUT2D eigenvalue weighted by molar-refractivity contribution is 9.11. The van der Waals surface area contributed by atoms with Gasteiger partial charge in [-0.2, -0.15) is 0 Å². The summed E-state index contributed by atoms with van der Waals surface area (Å²) in [6.07, 6.45) is 2.71. The summed E-state index contributed by atoms with van der Waals surface area (Å²) in [7, 11) is 0. The molecule has 5 heteroatoms. The van der Waals surface area contributed by atoms with Crippen LogP contribution in [0.4, 0.5) is 0 Å². The molecule has 0 aromatic carbocycles. The zero-order valence-electron chi connectivity index (χ0n) is 10.4. The van der Waals surface area contributed by atoms with E-state index in [0.29, 0.717) is 6.04 Å². The molecule has 1 aromatic heterocycles. The molecule has 18 heavy (non-hydrogen) atoms. The van der Waals surface area contributed by atoms with Crippen LogP contribution in [0.1, 0.15) is 17.7 Å². The Balaban J connectivity index is 1.56. The van der Waals surface area contributed by atoms with E-state index in [1.54, 1.807) is 0 Å². The van der Waals surface area contributed by atoms with E-state index >= 15 is 0 Å². The monoisotopic (exact) mass is 330 g/mol. The normalized spacial score (nSPS) is 25.5. The van der Waals surface area contributed by atoms with Gasteiger partial charge in [-0.1, -0.05) is 0 Å². The summed E-state index contributed by atoms with van der Waals surface area (Å²) in [6.45, 7) is 4.90. The molecule has 2 fully saturated rings. The largest absolute Gasteiger partial charge is 0.378 e.